The van der Waals surface area contributed by atoms with Crippen LogP contribution in [-0.4, -0.2) is 36.3 Å². The Labute approximate surface area is 108 Å². The molecule has 1 N–H and O–H groups in total. The molecule has 0 radical (unpaired) electrons. The number of nitrogens with zero attached hydrogens (tertiary/aromatic N) is 2. The monoisotopic (exact) mass is 251 g/mol. The van der Waals surface area contributed by atoms with E-state index < -0.39 is 0 Å². The lowest BCUT2D eigenvalue weighted by Gasteiger charge is -2.21. The molecule has 2 heterocycles. The van der Waals surface area contributed by atoms with E-state index in [0.717, 1.165) is 24.6 Å². The van der Waals surface area contributed by atoms with Gasteiger partial charge in [-0.15, -0.1) is 0 Å². The van der Waals surface area contributed by atoms with Crippen molar-refractivity contribution in [1.82, 2.24) is 15.3 Å². The van der Waals surface area contributed by atoms with Gasteiger partial charge in [0.1, 0.15) is 6.10 Å². The molecule has 0 aromatic carbocycles. The van der Waals surface area contributed by atoms with E-state index in [1.54, 1.807) is 6.20 Å². The molecule has 0 aliphatic carbocycles. The van der Waals surface area contributed by atoms with Crippen LogP contribution in [0.2, 0.25) is 0 Å². The molecule has 1 aliphatic rings. The average molecular weight is 251 g/mol. The normalized spacial score (nSPS) is 20.3. The van der Waals surface area contributed by atoms with Gasteiger partial charge in [-0.25, -0.2) is 9.97 Å². The van der Waals surface area contributed by atoms with Crippen LogP contribution in [0.3, 0.4) is 0 Å². The molecule has 18 heavy (non-hydrogen) atoms. The van der Waals surface area contributed by atoms with Gasteiger partial charge in [0.15, 0.2) is 5.82 Å². The van der Waals surface area contributed by atoms with Gasteiger partial charge < -0.3 is 14.8 Å². The summed E-state index contributed by atoms with van der Waals surface area (Å²) >= 11 is 0. The lowest BCUT2D eigenvalue weighted by atomic mass is 10.2. The Hall–Kier alpha value is -1.04. The molecule has 100 valence electrons. The molecule has 1 fully saturated rings. The van der Waals surface area contributed by atoms with Crippen molar-refractivity contribution in [1.29, 1.82) is 0 Å². The van der Waals surface area contributed by atoms with Crippen LogP contribution in [0.15, 0.2) is 12.3 Å². The first-order valence-electron chi connectivity index (χ1n) is 6.47. The fourth-order valence-corrected chi connectivity index (χ4v) is 1.79. The van der Waals surface area contributed by atoms with Crippen LogP contribution in [0.5, 0.6) is 0 Å². The Morgan fingerprint density at radius 2 is 2.33 bits per heavy atom. The molecular weight excluding hydrogens is 230 g/mol. The van der Waals surface area contributed by atoms with E-state index in [1.807, 2.05) is 6.07 Å². The van der Waals surface area contributed by atoms with Crippen molar-refractivity contribution in [2.45, 2.75) is 26.5 Å². The van der Waals surface area contributed by atoms with E-state index in [-0.39, 0.29) is 6.10 Å². The van der Waals surface area contributed by atoms with Crippen LogP contribution in [0.25, 0.3) is 0 Å². The Bertz CT molecular complexity index is 365. The standard InChI is InChI=1S/C13H21N3O2/c1-10(2)7-14-8-11-3-4-15-13(16-11)12-9-17-5-6-18-12/h3-4,10,12,14H,5-9H2,1-2H3. The number of ether oxygens (including phenoxy) is 2. The van der Waals surface area contributed by atoms with Crippen LogP contribution < -0.4 is 5.32 Å². The van der Waals surface area contributed by atoms with Gasteiger partial charge in [0.05, 0.1) is 25.5 Å². The van der Waals surface area contributed by atoms with Gasteiger partial charge in [0, 0.05) is 12.7 Å². The predicted molar refractivity (Wildman–Crippen MR) is 68.1 cm³/mol. The maximum Gasteiger partial charge on any atom is 0.159 e. The third-order valence-corrected chi connectivity index (χ3v) is 2.69. The van der Waals surface area contributed by atoms with E-state index in [0.29, 0.717) is 25.7 Å². The molecule has 1 atom stereocenters. The number of hydrogen-bond acceptors (Lipinski definition) is 5. The lowest BCUT2D eigenvalue weighted by molar-refractivity contribution is -0.0936. The van der Waals surface area contributed by atoms with Gasteiger partial charge >= 0.3 is 0 Å². The molecule has 1 aliphatic heterocycles. The van der Waals surface area contributed by atoms with Gasteiger partial charge in [-0.2, -0.15) is 0 Å². The van der Waals surface area contributed by atoms with Crippen molar-refractivity contribution in [3.63, 3.8) is 0 Å². The second-order valence-electron chi connectivity index (χ2n) is 4.87. The maximum atomic E-state index is 5.59. The Balaban J connectivity index is 1.91. The minimum Gasteiger partial charge on any atom is -0.376 e. The van der Waals surface area contributed by atoms with Crippen molar-refractivity contribution >= 4 is 0 Å². The molecule has 1 aromatic rings. The highest BCUT2D eigenvalue weighted by atomic mass is 16.6. The zero-order valence-corrected chi connectivity index (χ0v) is 11.1. The zero-order chi connectivity index (χ0) is 12.8. The first-order chi connectivity index (χ1) is 8.75. The van der Waals surface area contributed by atoms with Crippen molar-refractivity contribution in [2.24, 2.45) is 5.92 Å². The average Bonchev–Trinajstić information content (AvgIpc) is 2.40. The van der Waals surface area contributed by atoms with E-state index >= 15 is 0 Å². The van der Waals surface area contributed by atoms with Gasteiger partial charge in [-0.1, -0.05) is 13.8 Å². The maximum absolute atomic E-state index is 5.59. The second kappa shape index (κ2) is 6.78. The fourth-order valence-electron chi connectivity index (χ4n) is 1.79. The molecule has 1 aromatic heterocycles. The van der Waals surface area contributed by atoms with E-state index in [1.165, 1.54) is 0 Å². The molecule has 5 nitrogen and oxygen atoms in total. The third kappa shape index (κ3) is 4.01. The largest absolute Gasteiger partial charge is 0.376 e. The van der Waals surface area contributed by atoms with Gasteiger partial charge in [0.25, 0.3) is 0 Å². The predicted octanol–water partition coefficient (Wildman–Crippen LogP) is 1.31. The summed E-state index contributed by atoms with van der Waals surface area (Å²) in [7, 11) is 0. The highest BCUT2D eigenvalue weighted by Gasteiger charge is 2.19. The van der Waals surface area contributed by atoms with Crippen LogP contribution in [-0.2, 0) is 16.0 Å². The van der Waals surface area contributed by atoms with Crippen LogP contribution in [0.4, 0.5) is 0 Å². The summed E-state index contributed by atoms with van der Waals surface area (Å²) in [6.45, 7) is 7.94. The van der Waals surface area contributed by atoms with Gasteiger partial charge in [0.2, 0.25) is 0 Å². The summed E-state index contributed by atoms with van der Waals surface area (Å²) < 4.78 is 11.0. The fraction of sp³-hybridized carbons (Fsp3) is 0.692. The van der Waals surface area contributed by atoms with E-state index in [4.69, 9.17) is 9.47 Å². The highest BCUT2D eigenvalue weighted by Crippen LogP contribution is 2.16. The third-order valence-electron chi connectivity index (χ3n) is 2.69. The number of nitrogens with one attached hydrogen (secondary N) is 1. The van der Waals surface area contributed by atoms with Crippen LogP contribution in [0, 0.1) is 5.92 Å². The molecule has 5 heteroatoms. The smallest absolute Gasteiger partial charge is 0.159 e. The van der Waals surface area contributed by atoms with Crippen molar-refractivity contribution in [3.05, 3.63) is 23.8 Å². The Morgan fingerprint density at radius 1 is 1.44 bits per heavy atom. The topological polar surface area (TPSA) is 56.3 Å². The first kappa shape index (κ1) is 13.4. The van der Waals surface area contributed by atoms with Crippen molar-refractivity contribution in [3.8, 4) is 0 Å². The molecule has 2 rings (SSSR count). The summed E-state index contributed by atoms with van der Waals surface area (Å²) in [5.74, 6) is 1.36. The summed E-state index contributed by atoms with van der Waals surface area (Å²) in [5, 5.41) is 3.37. The summed E-state index contributed by atoms with van der Waals surface area (Å²) in [5.41, 5.74) is 0.995. The number of aromatic nitrogens is 2. The van der Waals surface area contributed by atoms with E-state index in [9.17, 15) is 0 Å². The molecular formula is C13H21N3O2. The van der Waals surface area contributed by atoms with Gasteiger partial charge in [-0.05, 0) is 18.5 Å². The zero-order valence-electron chi connectivity index (χ0n) is 11.1. The van der Waals surface area contributed by atoms with E-state index in [2.05, 4.69) is 29.1 Å². The quantitative estimate of drug-likeness (QED) is 0.855. The minimum atomic E-state index is -0.121. The summed E-state index contributed by atoms with van der Waals surface area (Å²) in [4.78, 5) is 8.78. The van der Waals surface area contributed by atoms with Crippen LogP contribution in [0.1, 0.15) is 31.5 Å². The molecule has 0 saturated carbocycles. The number of hydrogen-bond donors (Lipinski definition) is 1. The van der Waals surface area contributed by atoms with Crippen molar-refractivity contribution < 1.29 is 9.47 Å². The summed E-state index contributed by atoms with van der Waals surface area (Å²) in [6, 6.07) is 1.93. The molecule has 0 amide bonds. The Kier molecular flexibility index (Phi) is 5.04. The molecule has 1 saturated heterocycles. The summed E-state index contributed by atoms with van der Waals surface area (Å²) in [6.07, 6.45) is 1.66. The lowest BCUT2D eigenvalue weighted by Crippen LogP contribution is -2.25. The number of rotatable bonds is 5. The van der Waals surface area contributed by atoms with Gasteiger partial charge in [-0.3, -0.25) is 0 Å². The van der Waals surface area contributed by atoms with Crippen LogP contribution >= 0.6 is 0 Å². The minimum absolute atomic E-state index is 0.121. The molecule has 0 bridgehead atoms. The second-order valence-corrected chi connectivity index (χ2v) is 4.87. The first-order valence-corrected chi connectivity index (χ1v) is 6.47. The Morgan fingerprint density at radius 3 is 3.06 bits per heavy atom. The van der Waals surface area contributed by atoms with Crippen molar-refractivity contribution in [2.75, 3.05) is 26.4 Å². The molecule has 1 unspecified atom stereocenters. The molecule has 0 spiro atoms. The SMILES string of the molecule is CC(C)CNCc1ccnc(C2COCCO2)n1. The highest BCUT2D eigenvalue weighted by molar-refractivity contribution is 5.04.